The fourth-order valence-electron chi connectivity index (χ4n) is 5.68. The van der Waals surface area contributed by atoms with E-state index in [2.05, 4.69) is 5.32 Å². The van der Waals surface area contributed by atoms with Gasteiger partial charge in [0.15, 0.2) is 22.1 Å². The number of carbonyl (C=O) groups is 3. The van der Waals surface area contributed by atoms with Gasteiger partial charge >= 0.3 is 36.1 Å². The third-order valence-electron chi connectivity index (χ3n) is 7.38. The molecule has 38 heavy (non-hydrogen) atoms. The van der Waals surface area contributed by atoms with Gasteiger partial charge in [0, 0.05) is 0 Å². The van der Waals surface area contributed by atoms with Crippen LogP contribution < -0.4 is 19.4 Å². The number of benzene rings is 3. The van der Waals surface area contributed by atoms with Gasteiger partial charge in [0.25, 0.3) is 0 Å². The van der Waals surface area contributed by atoms with Crippen molar-refractivity contribution in [1.82, 2.24) is 9.13 Å². The summed E-state index contributed by atoms with van der Waals surface area (Å²) in [5.74, 6) is -1.71. The summed E-state index contributed by atoms with van der Waals surface area (Å²) >= 11 is 0. The summed E-state index contributed by atoms with van der Waals surface area (Å²) in [6.07, 6.45) is -0.557. The highest BCUT2D eigenvalue weighted by Crippen LogP contribution is 2.47. The summed E-state index contributed by atoms with van der Waals surface area (Å²) in [7, 11) is 3.73. The fourth-order valence-corrected chi connectivity index (χ4v) is 5.68. The monoisotopic (exact) mass is 512 g/mol. The van der Waals surface area contributed by atoms with Crippen LogP contribution in [0.5, 0.6) is 0 Å². The average molecular weight is 512 g/mol. The van der Waals surface area contributed by atoms with Gasteiger partial charge in [-0.2, -0.15) is 9.47 Å². The lowest BCUT2D eigenvalue weighted by molar-refractivity contribution is -0.754. The zero-order valence-electron chi connectivity index (χ0n) is 20.1. The average Bonchev–Trinajstić information content (AvgIpc) is 3.51. The molecule has 0 radical (unpaired) electrons. The van der Waals surface area contributed by atoms with Crippen LogP contribution in [-0.4, -0.2) is 42.4 Å². The van der Waals surface area contributed by atoms with Crippen molar-refractivity contribution in [3.05, 3.63) is 71.3 Å². The highest BCUT2D eigenvalue weighted by molar-refractivity contribution is 5.95. The van der Waals surface area contributed by atoms with Gasteiger partial charge in [-0.3, -0.25) is 0 Å². The van der Waals surface area contributed by atoms with Crippen LogP contribution in [0.25, 0.3) is 28.0 Å². The van der Waals surface area contributed by atoms with Gasteiger partial charge in [-0.25, -0.2) is 23.5 Å². The topological polar surface area (TPSA) is 145 Å². The van der Waals surface area contributed by atoms with Crippen molar-refractivity contribution in [3.63, 3.8) is 0 Å². The Bertz CT molecular complexity index is 1940. The summed E-state index contributed by atoms with van der Waals surface area (Å²) < 4.78 is 7.83. The Labute approximate surface area is 213 Å². The first kappa shape index (κ1) is 21.9. The van der Waals surface area contributed by atoms with E-state index in [1.807, 2.05) is 37.3 Å². The number of rotatable bonds is 3. The van der Waals surface area contributed by atoms with Crippen molar-refractivity contribution in [2.75, 3.05) is 10.2 Å². The predicted octanol–water partition coefficient (Wildman–Crippen LogP) is 2.36. The van der Waals surface area contributed by atoms with Crippen LogP contribution in [-0.2, 0) is 14.1 Å². The first-order valence-corrected chi connectivity index (χ1v) is 11.7. The van der Waals surface area contributed by atoms with Crippen molar-refractivity contribution in [3.8, 4) is 5.95 Å². The number of aromatic carboxylic acids is 3. The number of anilines is 3. The number of aromatic nitrogens is 4. The number of aryl methyl sites for hydroxylation is 2. The highest BCUT2D eigenvalue weighted by Gasteiger charge is 2.54. The van der Waals surface area contributed by atoms with Gasteiger partial charge in [0.05, 0.1) is 36.5 Å². The molecule has 0 fully saturated rings. The van der Waals surface area contributed by atoms with Crippen molar-refractivity contribution in [2.24, 2.45) is 14.1 Å². The number of hydrogen-bond acceptors (Lipinski definition) is 5. The lowest BCUT2D eigenvalue weighted by Gasteiger charge is -2.23. The minimum absolute atomic E-state index is 0.128. The van der Waals surface area contributed by atoms with Crippen LogP contribution in [0, 0.1) is 0 Å². The molecule has 5 aromatic rings. The molecule has 1 unspecified atom stereocenters. The molecule has 0 saturated heterocycles. The summed E-state index contributed by atoms with van der Waals surface area (Å²) in [5.41, 5.74) is 4.61. The SMILES string of the molecule is Cn1c2[n+](c3ccc(C(=O)O)cc31)-c1n(c3cc(C(=O)O)ccc3[n+]1C)C1Nc3cc(C(=O)O)ccc3N21. The van der Waals surface area contributed by atoms with E-state index in [-0.39, 0.29) is 16.7 Å². The Kier molecular flexibility index (Phi) is 4.08. The molecule has 0 spiro atoms. The molecule has 0 bridgehead atoms. The maximum absolute atomic E-state index is 11.8. The van der Waals surface area contributed by atoms with Gasteiger partial charge in [-0.1, -0.05) is 0 Å². The maximum atomic E-state index is 11.8. The molecule has 188 valence electrons. The number of carboxylic acids is 3. The second-order valence-electron chi connectivity index (χ2n) is 9.37. The lowest BCUT2D eigenvalue weighted by atomic mass is 10.2. The van der Waals surface area contributed by atoms with Gasteiger partial charge in [-0.15, -0.1) is 4.57 Å². The first-order valence-electron chi connectivity index (χ1n) is 11.7. The Morgan fingerprint density at radius 2 is 1.39 bits per heavy atom. The third kappa shape index (κ3) is 2.60. The number of nitrogens with one attached hydrogen (secondary N) is 1. The molecular formula is C26H20N6O6+2. The van der Waals surface area contributed by atoms with E-state index < -0.39 is 24.2 Å². The minimum atomic E-state index is -1.05. The summed E-state index contributed by atoms with van der Waals surface area (Å²) in [5, 5.41) is 32.3. The van der Waals surface area contributed by atoms with Crippen LogP contribution in [0.4, 0.5) is 17.3 Å². The molecule has 2 aromatic heterocycles. The largest absolute Gasteiger partial charge is 0.478 e. The number of fused-ring (bicyclic) bond motifs is 12. The molecule has 2 aliphatic rings. The van der Waals surface area contributed by atoms with Crippen LogP contribution >= 0.6 is 0 Å². The molecule has 2 aliphatic heterocycles. The molecule has 0 aliphatic carbocycles. The van der Waals surface area contributed by atoms with Crippen LogP contribution in [0.15, 0.2) is 54.6 Å². The molecule has 7 rings (SSSR count). The number of carboxylic acid groups (broad SMARTS) is 3. The van der Waals surface area contributed by atoms with E-state index in [1.54, 1.807) is 48.5 Å². The molecule has 4 heterocycles. The van der Waals surface area contributed by atoms with Crippen LogP contribution in [0.2, 0.25) is 0 Å². The number of imidazole rings is 2. The van der Waals surface area contributed by atoms with E-state index in [0.717, 1.165) is 16.7 Å². The zero-order chi connectivity index (χ0) is 26.6. The number of hydrogen-bond donors (Lipinski definition) is 4. The van der Waals surface area contributed by atoms with Gasteiger partial charge in [0.2, 0.25) is 0 Å². The quantitative estimate of drug-likeness (QED) is 0.270. The Morgan fingerprint density at radius 1 is 0.816 bits per heavy atom. The van der Waals surface area contributed by atoms with Crippen molar-refractivity contribution in [1.29, 1.82) is 0 Å². The molecule has 12 heteroatoms. The first-order chi connectivity index (χ1) is 18.2. The van der Waals surface area contributed by atoms with Crippen molar-refractivity contribution < 1.29 is 38.8 Å². The van der Waals surface area contributed by atoms with Crippen LogP contribution in [0.1, 0.15) is 37.4 Å². The van der Waals surface area contributed by atoms with Crippen LogP contribution in [0.3, 0.4) is 0 Å². The second-order valence-corrected chi connectivity index (χ2v) is 9.37. The Balaban J connectivity index is 1.63. The molecule has 4 N–H and O–H groups in total. The standard InChI is InChI=1S/C26H18N6O6/c1-28-17-7-4-14(23(37)38)11-20(17)31-24-27-15-9-12(21(33)34)3-6-16(15)30(24)26-29(2)19-10-13(22(35)36)5-8-18(19)32(26)25(28)31/h3-11,24,27H,1-2H3,(H-2,33,34,35,36,37,38)/p+2. The van der Waals surface area contributed by atoms with Crippen molar-refractivity contribution in [2.45, 2.75) is 6.29 Å². The molecule has 1 atom stereocenters. The van der Waals surface area contributed by atoms with Gasteiger partial charge in [0.1, 0.15) is 5.69 Å². The van der Waals surface area contributed by atoms with Gasteiger partial charge in [-0.05, 0) is 54.6 Å². The molecule has 12 nitrogen and oxygen atoms in total. The van der Waals surface area contributed by atoms with Crippen molar-refractivity contribution >= 4 is 57.3 Å². The molecular weight excluding hydrogens is 492 g/mol. The predicted molar refractivity (Wildman–Crippen MR) is 133 cm³/mol. The smallest absolute Gasteiger partial charge is 0.415 e. The summed E-state index contributed by atoms with van der Waals surface area (Å²) in [6, 6.07) is 14.7. The zero-order valence-corrected chi connectivity index (χ0v) is 20.1. The van der Waals surface area contributed by atoms with E-state index in [4.69, 9.17) is 0 Å². The third-order valence-corrected chi connectivity index (χ3v) is 7.38. The Morgan fingerprint density at radius 3 is 2.05 bits per heavy atom. The molecule has 0 saturated carbocycles. The molecule has 3 aromatic carbocycles. The number of nitrogens with zero attached hydrogens (tertiary/aromatic N) is 5. The molecule has 0 amide bonds. The maximum Gasteiger partial charge on any atom is 0.415 e. The summed E-state index contributed by atoms with van der Waals surface area (Å²) in [6.45, 7) is 0. The second kappa shape index (κ2) is 7.09. The highest BCUT2D eigenvalue weighted by atomic mass is 16.4. The minimum Gasteiger partial charge on any atom is -0.478 e. The summed E-state index contributed by atoms with van der Waals surface area (Å²) in [4.78, 5) is 37.3. The van der Waals surface area contributed by atoms with E-state index in [9.17, 15) is 29.7 Å². The fraction of sp³-hybridized carbons (Fsp3) is 0.115. The Hall–Kier alpha value is -5.39. The van der Waals surface area contributed by atoms with E-state index in [1.165, 1.54) is 6.07 Å². The lowest BCUT2D eigenvalue weighted by Crippen LogP contribution is -2.55. The van der Waals surface area contributed by atoms with E-state index in [0.29, 0.717) is 28.6 Å². The van der Waals surface area contributed by atoms with E-state index >= 15 is 0 Å². The normalized spacial score (nSPS) is 15.1. The van der Waals surface area contributed by atoms with Gasteiger partial charge < -0.3 is 20.6 Å².